The van der Waals surface area contributed by atoms with Gasteiger partial charge in [-0.05, 0) is 59.9 Å². The predicted molar refractivity (Wildman–Crippen MR) is 157 cm³/mol. The molecule has 0 aliphatic carbocycles. The van der Waals surface area contributed by atoms with Gasteiger partial charge in [-0.3, -0.25) is 9.59 Å². The molecule has 1 unspecified atom stereocenters. The summed E-state index contributed by atoms with van der Waals surface area (Å²) >= 11 is 0. The summed E-state index contributed by atoms with van der Waals surface area (Å²) in [5.41, 5.74) is 6.07. The summed E-state index contributed by atoms with van der Waals surface area (Å²) in [7, 11) is 0. The number of carboxylic acids is 1. The number of aromatic nitrogens is 3. The van der Waals surface area contributed by atoms with Crippen LogP contribution < -0.4 is 10.6 Å². The zero-order valence-electron chi connectivity index (χ0n) is 22.8. The topological polar surface area (TPSA) is 109 Å². The molecule has 8 nitrogen and oxygen atoms in total. The van der Waals surface area contributed by atoms with Crippen LogP contribution in [0.1, 0.15) is 55.1 Å². The van der Waals surface area contributed by atoms with Crippen molar-refractivity contribution in [2.24, 2.45) is 0 Å². The summed E-state index contributed by atoms with van der Waals surface area (Å²) < 4.78 is 1.88. The monoisotopic (exact) mass is 533 g/mol. The third kappa shape index (κ3) is 5.71. The molecule has 8 heteroatoms. The first-order valence-electron chi connectivity index (χ1n) is 13.0. The van der Waals surface area contributed by atoms with Gasteiger partial charge in [0.1, 0.15) is 0 Å². The molecule has 2 aromatic heterocycles. The number of nitrogens with one attached hydrogen (secondary N) is 2. The third-order valence-corrected chi connectivity index (χ3v) is 6.85. The molecule has 3 N–H and O–H groups in total. The van der Waals surface area contributed by atoms with Crippen molar-refractivity contribution < 1.29 is 14.7 Å². The van der Waals surface area contributed by atoms with Crippen LogP contribution >= 0.6 is 0 Å². The average Bonchev–Trinajstić information content (AvgIpc) is 3.42. The zero-order chi connectivity index (χ0) is 28.4. The summed E-state index contributed by atoms with van der Waals surface area (Å²) in [5.74, 6) is -1.09. The van der Waals surface area contributed by atoms with Crippen molar-refractivity contribution in [3.63, 3.8) is 0 Å². The number of carboxylic acid groups (broad SMARTS) is 1. The van der Waals surface area contributed by atoms with Crippen LogP contribution in [0.15, 0.2) is 91.4 Å². The number of amides is 1. The van der Waals surface area contributed by atoms with Gasteiger partial charge < -0.3 is 20.1 Å². The van der Waals surface area contributed by atoms with Crippen LogP contribution in [0, 0.1) is 0 Å². The van der Waals surface area contributed by atoms with Crippen molar-refractivity contribution in [1.29, 1.82) is 0 Å². The number of aliphatic carboxylic acids is 1. The predicted octanol–water partition coefficient (Wildman–Crippen LogP) is 6.88. The molecule has 202 valence electrons. The molecular weight excluding hydrogens is 502 g/mol. The molecule has 0 aliphatic rings. The van der Waals surface area contributed by atoms with Crippen molar-refractivity contribution in [2.45, 2.75) is 39.0 Å². The SMILES string of the molecule is CC(C(=O)O)c1ccc(Nc2nc(-c3cccc(NC(=O)c4ccc(C(C)(C)C)cc4)c3)cn3ccnc23)cc1. The van der Waals surface area contributed by atoms with E-state index in [9.17, 15) is 14.7 Å². The Hall–Kier alpha value is -4.98. The minimum atomic E-state index is -0.869. The number of benzene rings is 3. The van der Waals surface area contributed by atoms with Crippen LogP contribution in [0.5, 0.6) is 0 Å². The molecule has 5 rings (SSSR count). The number of hydrogen-bond acceptors (Lipinski definition) is 5. The Kier molecular flexibility index (Phi) is 7.09. The second-order valence-corrected chi connectivity index (χ2v) is 10.8. The van der Waals surface area contributed by atoms with Gasteiger partial charge in [0.2, 0.25) is 0 Å². The van der Waals surface area contributed by atoms with E-state index in [2.05, 4.69) is 36.4 Å². The fourth-order valence-electron chi connectivity index (χ4n) is 4.37. The summed E-state index contributed by atoms with van der Waals surface area (Å²) in [4.78, 5) is 33.5. The molecule has 0 saturated carbocycles. The molecule has 0 aliphatic heterocycles. The first-order chi connectivity index (χ1) is 19.1. The van der Waals surface area contributed by atoms with Gasteiger partial charge >= 0.3 is 5.97 Å². The van der Waals surface area contributed by atoms with Crippen molar-refractivity contribution in [3.05, 3.63) is 108 Å². The second kappa shape index (κ2) is 10.6. The van der Waals surface area contributed by atoms with Crippen molar-refractivity contribution in [2.75, 3.05) is 10.6 Å². The molecular formula is C32H31N5O3. The van der Waals surface area contributed by atoms with Crippen LogP contribution in [0.2, 0.25) is 0 Å². The average molecular weight is 534 g/mol. The molecule has 0 spiro atoms. The summed E-state index contributed by atoms with van der Waals surface area (Å²) in [6.45, 7) is 8.08. The highest BCUT2D eigenvalue weighted by Gasteiger charge is 2.16. The first-order valence-corrected chi connectivity index (χ1v) is 13.0. The van der Waals surface area contributed by atoms with Crippen LogP contribution in [-0.4, -0.2) is 31.4 Å². The van der Waals surface area contributed by atoms with Gasteiger partial charge in [-0.15, -0.1) is 0 Å². The molecule has 0 saturated heterocycles. The van der Waals surface area contributed by atoms with E-state index in [1.165, 1.54) is 5.56 Å². The highest BCUT2D eigenvalue weighted by atomic mass is 16.4. The van der Waals surface area contributed by atoms with E-state index < -0.39 is 11.9 Å². The summed E-state index contributed by atoms with van der Waals surface area (Å²) in [5, 5.41) is 15.6. The molecule has 0 fully saturated rings. The highest BCUT2D eigenvalue weighted by Crippen LogP contribution is 2.28. The van der Waals surface area contributed by atoms with E-state index in [4.69, 9.17) is 4.98 Å². The second-order valence-electron chi connectivity index (χ2n) is 10.8. The van der Waals surface area contributed by atoms with Gasteiger partial charge in [-0.25, -0.2) is 9.97 Å². The van der Waals surface area contributed by atoms with Gasteiger partial charge in [-0.1, -0.05) is 57.2 Å². The maximum atomic E-state index is 12.9. The third-order valence-electron chi connectivity index (χ3n) is 6.85. The van der Waals surface area contributed by atoms with E-state index in [1.54, 1.807) is 25.3 Å². The van der Waals surface area contributed by atoms with E-state index in [0.29, 0.717) is 28.4 Å². The van der Waals surface area contributed by atoms with Crippen molar-refractivity contribution in [1.82, 2.24) is 14.4 Å². The highest BCUT2D eigenvalue weighted by molar-refractivity contribution is 6.04. The normalized spacial score (nSPS) is 12.2. The quantitative estimate of drug-likeness (QED) is 0.210. The standard InChI is InChI=1S/C32H31N5O3/c1-20(31(39)40)21-10-14-25(15-11-21)34-28-29-33-16-17-37(29)19-27(36-28)23-6-5-7-26(18-23)35-30(38)22-8-12-24(13-9-22)32(2,3)4/h5-20H,1-4H3,(H,34,36)(H,35,38)(H,39,40). The van der Waals surface area contributed by atoms with Crippen LogP contribution in [-0.2, 0) is 10.2 Å². The van der Waals surface area contributed by atoms with Gasteiger partial charge in [0, 0.05) is 41.1 Å². The number of nitrogens with zero attached hydrogens (tertiary/aromatic N) is 3. The Morgan fingerprint density at radius 2 is 1.68 bits per heavy atom. The fourth-order valence-corrected chi connectivity index (χ4v) is 4.37. The van der Waals surface area contributed by atoms with E-state index in [1.807, 2.05) is 77.5 Å². The summed E-state index contributed by atoms with van der Waals surface area (Å²) in [6.07, 6.45) is 5.43. The summed E-state index contributed by atoms with van der Waals surface area (Å²) in [6, 6.07) is 22.5. The lowest BCUT2D eigenvalue weighted by Crippen LogP contribution is -2.14. The Labute approximate surface area is 232 Å². The number of rotatable bonds is 7. The Morgan fingerprint density at radius 1 is 0.950 bits per heavy atom. The minimum absolute atomic E-state index is 0.0166. The van der Waals surface area contributed by atoms with E-state index in [0.717, 1.165) is 16.8 Å². The van der Waals surface area contributed by atoms with Crippen LogP contribution in [0.3, 0.4) is 0 Å². The van der Waals surface area contributed by atoms with Crippen molar-refractivity contribution >= 4 is 34.7 Å². The maximum Gasteiger partial charge on any atom is 0.310 e. The number of imidazole rings is 1. The number of carbonyl (C=O) groups excluding carboxylic acids is 1. The van der Waals surface area contributed by atoms with Gasteiger partial charge in [0.25, 0.3) is 5.91 Å². The molecule has 5 aromatic rings. The van der Waals surface area contributed by atoms with Crippen LogP contribution in [0.25, 0.3) is 16.9 Å². The van der Waals surface area contributed by atoms with E-state index in [-0.39, 0.29) is 11.3 Å². The number of fused-ring (bicyclic) bond motifs is 1. The van der Waals surface area contributed by atoms with Gasteiger partial charge in [0.15, 0.2) is 11.5 Å². The maximum absolute atomic E-state index is 12.9. The first kappa shape index (κ1) is 26.6. The van der Waals surface area contributed by atoms with E-state index >= 15 is 0 Å². The van der Waals surface area contributed by atoms with Gasteiger partial charge in [-0.2, -0.15) is 0 Å². The molecule has 3 aromatic carbocycles. The van der Waals surface area contributed by atoms with Crippen LogP contribution in [0.4, 0.5) is 17.2 Å². The molecule has 1 atom stereocenters. The lowest BCUT2D eigenvalue weighted by molar-refractivity contribution is -0.138. The zero-order valence-corrected chi connectivity index (χ0v) is 22.8. The largest absolute Gasteiger partial charge is 0.481 e. The molecule has 2 heterocycles. The molecule has 1 amide bonds. The Balaban J connectivity index is 1.39. The smallest absolute Gasteiger partial charge is 0.310 e. The van der Waals surface area contributed by atoms with Crippen molar-refractivity contribution in [3.8, 4) is 11.3 Å². The Morgan fingerprint density at radius 3 is 2.35 bits per heavy atom. The molecule has 0 radical (unpaired) electrons. The lowest BCUT2D eigenvalue weighted by atomic mass is 9.87. The Bertz CT molecular complexity index is 1680. The number of anilines is 3. The number of carbonyl (C=O) groups is 2. The number of hydrogen-bond donors (Lipinski definition) is 3. The van der Waals surface area contributed by atoms with Gasteiger partial charge in [0.05, 0.1) is 11.6 Å². The molecule has 40 heavy (non-hydrogen) atoms. The fraction of sp³-hybridized carbons (Fsp3) is 0.188. The molecule has 0 bridgehead atoms. The lowest BCUT2D eigenvalue weighted by Gasteiger charge is -2.19. The minimum Gasteiger partial charge on any atom is -0.481 e.